The van der Waals surface area contributed by atoms with E-state index in [2.05, 4.69) is 101 Å². The molecule has 0 radical (unpaired) electrons. The van der Waals surface area contributed by atoms with Gasteiger partial charge in [-0.2, -0.15) is 0 Å². The lowest BCUT2D eigenvalue weighted by Crippen LogP contribution is -2.68. The van der Waals surface area contributed by atoms with Gasteiger partial charge in [0, 0.05) is 37.7 Å². The highest BCUT2D eigenvalue weighted by Gasteiger charge is 2.63. The Bertz CT molecular complexity index is 1570. The van der Waals surface area contributed by atoms with Gasteiger partial charge in [-0.15, -0.1) is 0 Å². The molecule has 2 aromatic rings. The third-order valence-corrected chi connectivity index (χ3v) is 19.3. The summed E-state index contributed by atoms with van der Waals surface area (Å²) in [6.45, 7) is 17.7. The molecular formula is C45H62O5Si. The molecular weight excluding hydrogens is 649 g/mol. The number of allylic oxidation sites excluding steroid dienone is 1. The molecule has 0 heterocycles. The van der Waals surface area contributed by atoms with Gasteiger partial charge in [-0.1, -0.05) is 121 Å². The van der Waals surface area contributed by atoms with E-state index in [1.165, 1.54) is 17.3 Å². The van der Waals surface area contributed by atoms with Gasteiger partial charge in [-0.25, -0.2) is 0 Å². The van der Waals surface area contributed by atoms with E-state index in [-0.39, 0.29) is 51.5 Å². The summed E-state index contributed by atoms with van der Waals surface area (Å²) in [4.78, 5) is 38.7. The van der Waals surface area contributed by atoms with Crippen molar-refractivity contribution in [1.29, 1.82) is 0 Å². The van der Waals surface area contributed by atoms with E-state index in [9.17, 15) is 14.4 Å². The van der Waals surface area contributed by atoms with Crippen LogP contribution in [0.2, 0.25) is 5.04 Å². The lowest BCUT2D eigenvalue weighted by Gasteiger charge is -2.58. The second kappa shape index (κ2) is 14.5. The zero-order valence-electron chi connectivity index (χ0n) is 32.5. The molecule has 0 amide bonds. The molecule has 0 bridgehead atoms. The van der Waals surface area contributed by atoms with Crippen LogP contribution in [0.4, 0.5) is 0 Å². The number of hydrogen-bond acceptors (Lipinski definition) is 5. The topological polar surface area (TPSA) is 69.7 Å². The number of hydrogen-bond donors (Lipinski definition) is 0. The van der Waals surface area contributed by atoms with Gasteiger partial charge < -0.3 is 9.16 Å². The molecule has 276 valence electrons. The second-order valence-electron chi connectivity index (χ2n) is 18.3. The van der Waals surface area contributed by atoms with Crippen LogP contribution in [-0.4, -0.2) is 38.6 Å². The first-order valence-corrected chi connectivity index (χ1v) is 21.7. The summed E-state index contributed by atoms with van der Waals surface area (Å²) >= 11 is 0. The summed E-state index contributed by atoms with van der Waals surface area (Å²) in [6, 6.07) is 22.0. The van der Waals surface area contributed by atoms with Crippen molar-refractivity contribution in [2.24, 2.45) is 46.3 Å². The Morgan fingerprint density at radius 1 is 0.902 bits per heavy atom. The van der Waals surface area contributed by atoms with Gasteiger partial charge in [0.25, 0.3) is 8.32 Å². The predicted octanol–water partition coefficient (Wildman–Crippen LogP) is 8.87. The summed E-state index contributed by atoms with van der Waals surface area (Å²) in [5, 5.41) is 2.62. The van der Waals surface area contributed by atoms with Crippen molar-refractivity contribution in [2.75, 3.05) is 6.61 Å². The van der Waals surface area contributed by atoms with Gasteiger partial charge >= 0.3 is 5.97 Å². The quantitative estimate of drug-likeness (QED) is 0.132. The molecule has 51 heavy (non-hydrogen) atoms. The van der Waals surface area contributed by atoms with Crippen molar-refractivity contribution >= 4 is 36.2 Å². The molecule has 5 nitrogen and oxygen atoms in total. The van der Waals surface area contributed by atoms with Crippen LogP contribution in [0.15, 0.2) is 72.3 Å². The molecule has 4 aliphatic rings. The highest BCUT2D eigenvalue weighted by atomic mass is 28.4. The largest absolute Gasteiger partial charge is 0.466 e. The van der Waals surface area contributed by atoms with E-state index in [1.807, 2.05) is 13.8 Å². The van der Waals surface area contributed by atoms with Crippen molar-refractivity contribution in [3.8, 4) is 0 Å². The highest BCUT2D eigenvalue weighted by Crippen LogP contribution is 2.66. The van der Waals surface area contributed by atoms with Crippen LogP contribution in [0, 0.1) is 46.3 Å². The molecule has 3 saturated carbocycles. The molecule has 1 unspecified atom stereocenters. The molecule has 6 rings (SSSR count). The Hall–Kier alpha value is -2.83. The van der Waals surface area contributed by atoms with E-state index >= 15 is 0 Å². The van der Waals surface area contributed by atoms with E-state index in [0.717, 1.165) is 38.5 Å². The number of benzene rings is 2. The molecule has 4 aliphatic carbocycles. The van der Waals surface area contributed by atoms with Gasteiger partial charge in [-0.05, 0) is 94.9 Å². The number of ether oxygens (including phenoxy) is 1. The van der Waals surface area contributed by atoms with Gasteiger partial charge in [0.05, 0.1) is 6.61 Å². The molecule has 0 aromatic heterocycles. The average Bonchev–Trinajstić information content (AvgIpc) is 3.38. The summed E-state index contributed by atoms with van der Waals surface area (Å²) in [5.74, 6) is 1.21. The molecule has 6 heteroatoms. The minimum Gasteiger partial charge on any atom is -0.466 e. The maximum absolute atomic E-state index is 13.9. The van der Waals surface area contributed by atoms with Crippen LogP contribution in [0.25, 0.3) is 0 Å². The molecule has 0 N–H and O–H groups in total. The Kier molecular flexibility index (Phi) is 10.8. The lowest BCUT2D eigenvalue weighted by molar-refractivity contribution is -0.142. The number of fused-ring (bicyclic) bond motifs is 5. The third kappa shape index (κ3) is 6.89. The van der Waals surface area contributed by atoms with E-state index in [4.69, 9.17) is 9.16 Å². The summed E-state index contributed by atoms with van der Waals surface area (Å²) < 4.78 is 12.8. The van der Waals surface area contributed by atoms with Gasteiger partial charge in [0.2, 0.25) is 0 Å². The highest BCUT2D eigenvalue weighted by molar-refractivity contribution is 6.99. The maximum Gasteiger partial charge on any atom is 0.302 e. The normalized spacial score (nSPS) is 31.8. The fourth-order valence-corrected chi connectivity index (χ4v) is 16.2. The van der Waals surface area contributed by atoms with E-state index < -0.39 is 8.32 Å². The van der Waals surface area contributed by atoms with E-state index in [1.54, 1.807) is 5.57 Å². The zero-order chi connectivity index (χ0) is 36.8. The summed E-state index contributed by atoms with van der Waals surface area (Å²) in [5.41, 5.74) is 1.56. The van der Waals surface area contributed by atoms with Crippen molar-refractivity contribution in [2.45, 2.75) is 124 Å². The smallest absolute Gasteiger partial charge is 0.302 e. The molecule has 3 fully saturated rings. The van der Waals surface area contributed by atoms with E-state index in [0.29, 0.717) is 49.4 Å². The third-order valence-electron chi connectivity index (χ3n) is 14.2. The first-order valence-electron chi connectivity index (χ1n) is 19.8. The van der Waals surface area contributed by atoms with Gasteiger partial charge in [0.15, 0.2) is 0 Å². The predicted molar refractivity (Wildman–Crippen MR) is 207 cm³/mol. The molecule has 0 saturated heterocycles. The summed E-state index contributed by atoms with van der Waals surface area (Å²) in [7, 11) is -2.65. The van der Waals surface area contributed by atoms with Crippen LogP contribution >= 0.6 is 0 Å². The minimum absolute atomic E-state index is 0.0530. The Morgan fingerprint density at radius 3 is 2.12 bits per heavy atom. The van der Waals surface area contributed by atoms with Crippen molar-refractivity contribution in [3.63, 3.8) is 0 Å². The van der Waals surface area contributed by atoms with Gasteiger partial charge in [-0.3, -0.25) is 14.4 Å². The molecule has 2 aromatic carbocycles. The number of Topliss-reactive ketones (excluding diaryl/α,β-unsaturated/α-hetero) is 2. The fraction of sp³-hybridized carbons (Fsp3) is 0.622. The molecule has 9 atom stereocenters. The Labute approximate surface area is 308 Å². The minimum atomic E-state index is -2.65. The van der Waals surface area contributed by atoms with Gasteiger partial charge in [0.1, 0.15) is 11.6 Å². The van der Waals surface area contributed by atoms with Crippen molar-refractivity contribution in [1.82, 2.24) is 0 Å². The first-order chi connectivity index (χ1) is 24.1. The number of esters is 1. The first kappa shape index (κ1) is 37.9. The number of carbonyl (C=O) groups is 3. The standard InChI is InChI=1S/C45H62O5Si/c1-30(29-49-32(3)46)19-22-40(47)31(2)42-41(48)28-39-37-21-20-33-27-34(23-25-44(33,7)38(37)24-26-45(39,42)8)50-51(43(4,5)6,35-15-11-9-12-16-35)36-17-13-10-14-18-36/h9-18,20,30-31,34,37-39,42H,19,21-29H2,1-8H3/t30?,31-,34+,37-,38+,39+,42+,44+,45+/m1/s1. The van der Waals surface area contributed by atoms with Crippen LogP contribution in [-0.2, 0) is 23.5 Å². The van der Waals surface area contributed by atoms with Crippen LogP contribution in [0.5, 0.6) is 0 Å². The zero-order valence-corrected chi connectivity index (χ0v) is 33.5. The van der Waals surface area contributed by atoms with Crippen LogP contribution < -0.4 is 10.4 Å². The second-order valence-corrected chi connectivity index (χ2v) is 22.6. The lowest BCUT2D eigenvalue weighted by atomic mass is 9.47. The monoisotopic (exact) mass is 710 g/mol. The maximum atomic E-state index is 13.9. The SMILES string of the molecule is CC(=O)OCC(C)CCC(=O)[C@@H](C)[C@H]1C(=O)C[C@H]2[C@@H]3CC=C4C[C@@H](O[Si](c5ccccc5)(c5ccccc5)C(C)(C)C)CC[C@]4(C)[C@H]3CC[C@]12C. The van der Waals surface area contributed by atoms with Crippen molar-refractivity contribution < 1.29 is 23.5 Å². The van der Waals surface area contributed by atoms with Crippen LogP contribution in [0.1, 0.15) is 113 Å². The van der Waals surface area contributed by atoms with Crippen LogP contribution in [0.3, 0.4) is 0 Å². The average molecular weight is 711 g/mol. The molecule has 0 aliphatic heterocycles. The number of carbonyl (C=O) groups excluding carboxylic acids is 3. The summed E-state index contributed by atoms with van der Waals surface area (Å²) in [6.07, 6.45) is 10.8. The number of rotatable bonds is 11. The van der Waals surface area contributed by atoms with Crippen molar-refractivity contribution in [3.05, 3.63) is 72.3 Å². The molecule has 0 spiro atoms. The number of ketones is 2. The fourth-order valence-electron chi connectivity index (χ4n) is 11.5. The Morgan fingerprint density at radius 2 is 1.53 bits per heavy atom. The Balaban J connectivity index is 1.20.